The van der Waals surface area contributed by atoms with E-state index in [9.17, 15) is 22.0 Å². The lowest BCUT2D eigenvalue weighted by molar-refractivity contribution is 0.381. The minimum absolute atomic E-state index is 0.143. The molecular formula is C49H31F5N2. The lowest BCUT2D eigenvalue weighted by Crippen LogP contribution is -2.10. The standard InChI is InChI=1S/C49H31F5N2/c1-55-42-26-18-35(31-10-6-3-7-11-31)28-40(42)41-29-36(19-27-43(41)55)33-14-22-38(23-15-33)56(37-20-12-32(13-21-37)30-8-4-2-5-9-30)39-24-16-34(17-25-39)44-45(50)47(52)49(54)48(53)46(44)51/h2-29H,1H3. The molecule has 0 N–H and O–H groups in total. The van der Waals surface area contributed by atoms with Gasteiger partial charge in [-0.2, -0.15) is 0 Å². The maximum absolute atomic E-state index is 14.8. The van der Waals surface area contributed by atoms with Crippen molar-refractivity contribution in [3.05, 3.63) is 199 Å². The van der Waals surface area contributed by atoms with Gasteiger partial charge in [0.25, 0.3) is 0 Å². The number of rotatable bonds is 7. The van der Waals surface area contributed by atoms with Crippen molar-refractivity contribution in [3.8, 4) is 44.5 Å². The van der Waals surface area contributed by atoms with Gasteiger partial charge in [0.15, 0.2) is 23.3 Å². The summed E-state index contributed by atoms with van der Waals surface area (Å²) in [7, 11) is 2.08. The quantitative estimate of drug-likeness (QED) is 0.0897. The molecule has 0 fully saturated rings. The van der Waals surface area contributed by atoms with Crippen LogP contribution < -0.4 is 4.90 Å². The number of hydrogen-bond donors (Lipinski definition) is 0. The van der Waals surface area contributed by atoms with Gasteiger partial charge in [-0.25, -0.2) is 22.0 Å². The molecule has 7 heteroatoms. The van der Waals surface area contributed by atoms with Gasteiger partial charge in [-0.3, -0.25) is 0 Å². The number of benzene rings is 8. The van der Waals surface area contributed by atoms with Crippen molar-refractivity contribution in [2.75, 3.05) is 4.90 Å². The van der Waals surface area contributed by atoms with Crippen LogP contribution in [-0.4, -0.2) is 4.57 Å². The smallest absolute Gasteiger partial charge is 0.200 e. The second kappa shape index (κ2) is 14.0. The van der Waals surface area contributed by atoms with Crippen LogP contribution >= 0.6 is 0 Å². The van der Waals surface area contributed by atoms with E-state index in [1.807, 2.05) is 102 Å². The minimum Gasteiger partial charge on any atom is -0.344 e. The van der Waals surface area contributed by atoms with Crippen molar-refractivity contribution in [3.63, 3.8) is 0 Å². The maximum atomic E-state index is 14.8. The molecule has 8 aromatic carbocycles. The zero-order valence-corrected chi connectivity index (χ0v) is 30.0. The highest BCUT2D eigenvalue weighted by atomic mass is 19.2. The van der Waals surface area contributed by atoms with Gasteiger partial charge in [0.05, 0.1) is 5.56 Å². The summed E-state index contributed by atoms with van der Waals surface area (Å²) in [6.07, 6.45) is 0. The Bertz CT molecular complexity index is 2860. The highest BCUT2D eigenvalue weighted by Gasteiger charge is 2.27. The van der Waals surface area contributed by atoms with E-state index < -0.39 is 34.6 Å². The molecule has 0 saturated carbocycles. The fraction of sp³-hybridized carbons (Fsp3) is 0.0204. The van der Waals surface area contributed by atoms with E-state index in [4.69, 9.17) is 0 Å². The molecule has 0 amide bonds. The topological polar surface area (TPSA) is 8.17 Å². The summed E-state index contributed by atoms with van der Waals surface area (Å²) >= 11 is 0. The van der Waals surface area contributed by atoms with Gasteiger partial charge in [-0.15, -0.1) is 0 Å². The Balaban J connectivity index is 1.10. The summed E-state index contributed by atoms with van der Waals surface area (Å²) in [6.45, 7) is 0. The van der Waals surface area contributed by atoms with Gasteiger partial charge in [-0.05, 0) is 99.6 Å². The van der Waals surface area contributed by atoms with E-state index in [0.29, 0.717) is 5.69 Å². The average molecular weight is 743 g/mol. The lowest BCUT2D eigenvalue weighted by atomic mass is 10.00. The third kappa shape index (κ3) is 5.98. The molecule has 0 radical (unpaired) electrons. The highest BCUT2D eigenvalue weighted by Crippen LogP contribution is 2.40. The number of anilines is 3. The van der Waals surface area contributed by atoms with Crippen LogP contribution in [0.3, 0.4) is 0 Å². The number of nitrogens with zero attached hydrogens (tertiary/aromatic N) is 2. The Kier molecular flexibility index (Phi) is 8.70. The van der Waals surface area contributed by atoms with Crippen molar-refractivity contribution in [2.24, 2.45) is 7.05 Å². The van der Waals surface area contributed by atoms with Crippen LogP contribution in [0.2, 0.25) is 0 Å². The van der Waals surface area contributed by atoms with E-state index in [1.54, 1.807) is 12.1 Å². The molecule has 9 rings (SSSR count). The van der Waals surface area contributed by atoms with Crippen molar-refractivity contribution in [1.29, 1.82) is 0 Å². The highest BCUT2D eigenvalue weighted by molar-refractivity contribution is 6.10. The summed E-state index contributed by atoms with van der Waals surface area (Å²) in [5.74, 6) is -9.92. The fourth-order valence-electron chi connectivity index (χ4n) is 7.53. The summed E-state index contributed by atoms with van der Waals surface area (Å²) in [5.41, 5.74) is 9.81. The van der Waals surface area contributed by atoms with E-state index >= 15 is 0 Å². The molecule has 0 unspecified atom stereocenters. The SMILES string of the molecule is Cn1c2ccc(-c3ccccc3)cc2c2cc(-c3ccc(N(c4ccc(-c5ccccc5)cc4)c4ccc(-c5c(F)c(F)c(F)c(F)c5F)cc4)cc3)ccc21. The van der Waals surface area contributed by atoms with E-state index in [2.05, 4.69) is 60.1 Å². The first-order valence-electron chi connectivity index (χ1n) is 18.0. The first-order chi connectivity index (χ1) is 27.3. The number of aromatic nitrogens is 1. The van der Waals surface area contributed by atoms with Crippen molar-refractivity contribution in [1.82, 2.24) is 4.57 Å². The fourth-order valence-corrected chi connectivity index (χ4v) is 7.53. The molecule has 0 bridgehead atoms. The first-order valence-corrected chi connectivity index (χ1v) is 18.0. The van der Waals surface area contributed by atoms with Crippen LogP contribution in [0.25, 0.3) is 66.3 Å². The number of hydrogen-bond acceptors (Lipinski definition) is 1. The molecule has 2 nitrogen and oxygen atoms in total. The van der Waals surface area contributed by atoms with Gasteiger partial charge in [-0.1, -0.05) is 109 Å². The van der Waals surface area contributed by atoms with Crippen LogP contribution in [0, 0.1) is 29.1 Å². The van der Waals surface area contributed by atoms with E-state index in [-0.39, 0.29) is 5.56 Å². The molecule has 0 atom stereocenters. The van der Waals surface area contributed by atoms with Crippen LogP contribution in [0.4, 0.5) is 39.0 Å². The van der Waals surface area contributed by atoms with Gasteiger partial charge < -0.3 is 9.47 Å². The molecule has 0 saturated heterocycles. The Morgan fingerprint density at radius 2 is 0.661 bits per heavy atom. The van der Waals surface area contributed by atoms with Crippen LogP contribution in [0.15, 0.2) is 170 Å². The minimum atomic E-state index is -2.19. The summed E-state index contributed by atoms with van der Waals surface area (Å²) in [4.78, 5) is 1.97. The second-order valence-electron chi connectivity index (χ2n) is 13.7. The molecule has 0 aliphatic carbocycles. The Morgan fingerprint density at radius 1 is 0.339 bits per heavy atom. The summed E-state index contributed by atoms with van der Waals surface area (Å²) < 4.78 is 73.7. The van der Waals surface area contributed by atoms with Crippen molar-refractivity contribution >= 4 is 38.9 Å². The molecular weight excluding hydrogens is 712 g/mol. The van der Waals surface area contributed by atoms with Crippen LogP contribution in [0.5, 0.6) is 0 Å². The molecule has 56 heavy (non-hydrogen) atoms. The lowest BCUT2D eigenvalue weighted by Gasteiger charge is -2.26. The molecule has 0 spiro atoms. The van der Waals surface area contributed by atoms with Crippen molar-refractivity contribution in [2.45, 2.75) is 0 Å². The molecule has 0 aliphatic heterocycles. The zero-order valence-electron chi connectivity index (χ0n) is 30.0. The Hall–Kier alpha value is -6.99. The summed E-state index contributed by atoms with van der Waals surface area (Å²) in [6, 6.07) is 55.3. The monoisotopic (exact) mass is 742 g/mol. The van der Waals surface area contributed by atoms with Crippen LogP contribution in [-0.2, 0) is 7.05 Å². The molecule has 1 aromatic heterocycles. The third-order valence-corrected chi connectivity index (χ3v) is 10.4. The molecule has 0 aliphatic rings. The predicted molar refractivity (Wildman–Crippen MR) is 217 cm³/mol. The molecule has 1 heterocycles. The third-order valence-electron chi connectivity index (χ3n) is 10.4. The van der Waals surface area contributed by atoms with Gasteiger partial charge in [0.2, 0.25) is 5.82 Å². The normalized spacial score (nSPS) is 11.4. The van der Waals surface area contributed by atoms with Gasteiger partial charge in [0.1, 0.15) is 0 Å². The molecule has 272 valence electrons. The Labute approximate surface area is 320 Å². The number of halogens is 5. The predicted octanol–water partition coefficient (Wildman–Crippen LogP) is 14.2. The van der Waals surface area contributed by atoms with Gasteiger partial charge >= 0.3 is 0 Å². The summed E-state index contributed by atoms with van der Waals surface area (Å²) in [5, 5.41) is 2.32. The average Bonchev–Trinajstić information content (AvgIpc) is 3.54. The maximum Gasteiger partial charge on any atom is 0.200 e. The second-order valence-corrected chi connectivity index (χ2v) is 13.7. The first kappa shape index (κ1) is 34.8. The number of aryl methyl sites for hydroxylation is 1. The largest absolute Gasteiger partial charge is 0.344 e. The van der Waals surface area contributed by atoms with Crippen molar-refractivity contribution < 1.29 is 22.0 Å². The zero-order chi connectivity index (χ0) is 38.5. The van der Waals surface area contributed by atoms with Gasteiger partial charge in [0, 0.05) is 45.9 Å². The number of fused-ring (bicyclic) bond motifs is 3. The molecule has 9 aromatic rings. The van der Waals surface area contributed by atoms with E-state index in [0.717, 1.165) is 61.2 Å². The van der Waals surface area contributed by atoms with Crippen LogP contribution in [0.1, 0.15) is 0 Å². The Morgan fingerprint density at radius 3 is 1.09 bits per heavy atom. The van der Waals surface area contributed by atoms with E-state index in [1.165, 1.54) is 17.5 Å².